The quantitative estimate of drug-likeness (QED) is 0.824. The van der Waals surface area contributed by atoms with E-state index in [9.17, 15) is 9.50 Å². The van der Waals surface area contributed by atoms with Crippen LogP contribution in [-0.2, 0) is 12.8 Å². The molecule has 1 N–H and O–H groups in total. The summed E-state index contributed by atoms with van der Waals surface area (Å²) in [6.45, 7) is 2.18. The van der Waals surface area contributed by atoms with Crippen LogP contribution in [0.1, 0.15) is 42.6 Å². The summed E-state index contributed by atoms with van der Waals surface area (Å²) in [5, 5.41) is 10.2. The Morgan fingerprint density at radius 3 is 2.15 bits per heavy atom. The molecule has 0 radical (unpaired) electrons. The van der Waals surface area contributed by atoms with Gasteiger partial charge in [0.15, 0.2) is 0 Å². The number of rotatable bonds is 6. The van der Waals surface area contributed by atoms with E-state index in [-0.39, 0.29) is 5.82 Å². The van der Waals surface area contributed by atoms with Crippen LogP contribution in [-0.4, -0.2) is 5.11 Å². The van der Waals surface area contributed by atoms with Gasteiger partial charge in [-0.1, -0.05) is 49.7 Å². The van der Waals surface area contributed by atoms with Crippen LogP contribution in [0.5, 0.6) is 0 Å². The summed E-state index contributed by atoms with van der Waals surface area (Å²) >= 11 is 0. The SMILES string of the molecule is CCCCc1ccc(C(O)Cc2ccc(F)cc2)cc1. The van der Waals surface area contributed by atoms with Gasteiger partial charge < -0.3 is 5.11 Å². The summed E-state index contributed by atoms with van der Waals surface area (Å²) in [6, 6.07) is 14.4. The molecule has 106 valence electrons. The third-order valence-corrected chi connectivity index (χ3v) is 3.53. The van der Waals surface area contributed by atoms with Crippen LogP contribution in [0.2, 0.25) is 0 Å². The lowest BCUT2D eigenvalue weighted by Crippen LogP contribution is -2.02. The Morgan fingerprint density at radius 1 is 0.950 bits per heavy atom. The average molecular weight is 272 g/mol. The van der Waals surface area contributed by atoms with E-state index in [1.165, 1.54) is 30.5 Å². The fourth-order valence-corrected chi connectivity index (χ4v) is 2.25. The molecule has 1 atom stereocenters. The van der Waals surface area contributed by atoms with E-state index in [2.05, 4.69) is 19.1 Å². The summed E-state index contributed by atoms with van der Waals surface area (Å²) in [6.07, 6.45) is 3.44. The van der Waals surface area contributed by atoms with E-state index in [1.807, 2.05) is 12.1 Å². The Balaban J connectivity index is 1.98. The van der Waals surface area contributed by atoms with Crippen LogP contribution in [0.25, 0.3) is 0 Å². The van der Waals surface area contributed by atoms with Crippen molar-refractivity contribution < 1.29 is 9.50 Å². The van der Waals surface area contributed by atoms with Crippen molar-refractivity contribution in [2.75, 3.05) is 0 Å². The molecule has 0 spiro atoms. The van der Waals surface area contributed by atoms with Gasteiger partial charge in [-0.05, 0) is 41.7 Å². The summed E-state index contributed by atoms with van der Waals surface area (Å²) in [7, 11) is 0. The highest BCUT2D eigenvalue weighted by molar-refractivity contribution is 5.26. The van der Waals surface area contributed by atoms with Gasteiger partial charge in [0.2, 0.25) is 0 Å². The summed E-state index contributed by atoms with van der Waals surface area (Å²) < 4.78 is 12.8. The molecule has 0 saturated heterocycles. The molecule has 2 rings (SSSR count). The Bertz CT molecular complexity index is 516. The molecule has 0 aliphatic rings. The third kappa shape index (κ3) is 4.17. The number of aliphatic hydroxyl groups is 1. The monoisotopic (exact) mass is 272 g/mol. The van der Waals surface area contributed by atoms with E-state index < -0.39 is 6.10 Å². The first kappa shape index (κ1) is 14.7. The molecule has 0 amide bonds. The number of aryl methyl sites for hydroxylation is 1. The molecular weight excluding hydrogens is 251 g/mol. The number of aliphatic hydroxyl groups excluding tert-OH is 1. The Labute approximate surface area is 120 Å². The van der Waals surface area contributed by atoms with Gasteiger partial charge >= 0.3 is 0 Å². The van der Waals surface area contributed by atoms with Gasteiger partial charge in [0.05, 0.1) is 6.10 Å². The molecule has 2 aromatic rings. The van der Waals surface area contributed by atoms with E-state index in [1.54, 1.807) is 12.1 Å². The number of hydrogen-bond acceptors (Lipinski definition) is 1. The zero-order chi connectivity index (χ0) is 14.4. The number of halogens is 1. The molecule has 0 heterocycles. The molecule has 20 heavy (non-hydrogen) atoms. The summed E-state index contributed by atoms with van der Waals surface area (Å²) in [4.78, 5) is 0. The predicted molar refractivity (Wildman–Crippen MR) is 80.1 cm³/mol. The average Bonchev–Trinajstić information content (AvgIpc) is 2.48. The Hall–Kier alpha value is -1.67. The van der Waals surface area contributed by atoms with Crippen molar-refractivity contribution in [1.29, 1.82) is 0 Å². The molecule has 2 aromatic carbocycles. The number of unbranched alkanes of at least 4 members (excludes halogenated alkanes) is 1. The minimum absolute atomic E-state index is 0.247. The van der Waals surface area contributed by atoms with Gasteiger partial charge in [-0.2, -0.15) is 0 Å². The summed E-state index contributed by atoms with van der Waals surface area (Å²) in [5.41, 5.74) is 3.16. The normalized spacial score (nSPS) is 12.3. The molecule has 0 saturated carbocycles. The zero-order valence-electron chi connectivity index (χ0n) is 11.8. The minimum Gasteiger partial charge on any atom is -0.388 e. The van der Waals surface area contributed by atoms with Crippen molar-refractivity contribution in [3.63, 3.8) is 0 Å². The van der Waals surface area contributed by atoms with Crippen LogP contribution in [0.15, 0.2) is 48.5 Å². The van der Waals surface area contributed by atoms with Crippen molar-refractivity contribution in [2.24, 2.45) is 0 Å². The lowest BCUT2D eigenvalue weighted by molar-refractivity contribution is 0.178. The second-order valence-electron chi connectivity index (χ2n) is 5.19. The van der Waals surface area contributed by atoms with E-state index >= 15 is 0 Å². The second kappa shape index (κ2) is 7.20. The lowest BCUT2D eigenvalue weighted by atomic mass is 9.99. The van der Waals surface area contributed by atoms with Gasteiger partial charge in [0, 0.05) is 6.42 Å². The third-order valence-electron chi connectivity index (χ3n) is 3.53. The van der Waals surface area contributed by atoms with Crippen molar-refractivity contribution >= 4 is 0 Å². The maximum Gasteiger partial charge on any atom is 0.123 e. The van der Waals surface area contributed by atoms with Crippen LogP contribution in [0.3, 0.4) is 0 Å². The molecule has 1 nitrogen and oxygen atoms in total. The van der Waals surface area contributed by atoms with E-state index in [0.29, 0.717) is 6.42 Å². The number of hydrogen-bond donors (Lipinski definition) is 1. The van der Waals surface area contributed by atoms with Crippen molar-refractivity contribution in [2.45, 2.75) is 38.7 Å². The predicted octanol–water partition coefficient (Wildman–Crippen LogP) is 4.44. The fourth-order valence-electron chi connectivity index (χ4n) is 2.25. The van der Waals surface area contributed by atoms with Crippen LogP contribution in [0.4, 0.5) is 4.39 Å². The van der Waals surface area contributed by atoms with Crippen LogP contribution in [0, 0.1) is 5.82 Å². The maximum absolute atomic E-state index is 12.8. The van der Waals surface area contributed by atoms with Crippen molar-refractivity contribution in [1.82, 2.24) is 0 Å². The van der Waals surface area contributed by atoms with Crippen LogP contribution < -0.4 is 0 Å². The molecule has 0 aromatic heterocycles. The van der Waals surface area contributed by atoms with E-state index in [0.717, 1.165) is 17.5 Å². The van der Waals surface area contributed by atoms with Crippen molar-refractivity contribution in [3.05, 3.63) is 71.0 Å². The highest BCUT2D eigenvalue weighted by Gasteiger charge is 2.08. The van der Waals surface area contributed by atoms with Gasteiger partial charge in [-0.25, -0.2) is 4.39 Å². The maximum atomic E-state index is 12.8. The number of benzene rings is 2. The van der Waals surface area contributed by atoms with Gasteiger partial charge in [0.25, 0.3) is 0 Å². The molecule has 0 aliphatic carbocycles. The zero-order valence-corrected chi connectivity index (χ0v) is 11.8. The first-order valence-electron chi connectivity index (χ1n) is 7.20. The van der Waals surface area contributed by atoms with Crippen molar-refractivity contribution in [3.8, 4) is 0 Å². The molecule has 0 bridgehead atoms. The second-order valence-corrected chi connectivity index (χ2v) is 5.19. The smallest absolute Gasteiger partial charge is 0.123 e. The molecule has 2 heteroatoms. The highest BCUT2D eigenvalue weighted by atomic mass is 19.1. The molecular formula is C18H21FO. The van der Waals surface area contributed by atoms with Gasteiger partial charge in [0.1, 0.15) is 5.82 Å². The van der Waals surface area contributed by atoms with Gasteiger partial charge in [-0.3, -0.25) is 0 Å². The topological polar surface area (TPSA) is 20.2 Å². The standard InChI is InChI=1S/C18H21FO/c1-2-3-4-14-5-9-16(10-6-14)18(20)13-15-7-11-17(19)12-8-15/h5-12,18,20H,2-4,13H2,1H3. The summed E-state index contributed by atoms with van der Waals surface area (Å²) in [5.74, 6) is -0.247. The van der Waals surface area contributed by atoms with Gasteiger partial charge in [-0.15, -0.1) is 0 Å². The van der Waals surface area contributed by atoms with Crippen LogP contribution >= 0.6 is 0 Å². The fraction of sp³-hybridized carbons (Fsp3) is 0.333. The minimum atomic E-state index is -0.541. The lowest BCUT2D eigenvalue weighted by Gasteiger charge is -2.12. The Morgan fingerprint density at radius 2 is 1.55 bits per heavy atom. The first-order valence-corrected chi connectivity index (χ1v) is 7.20. The first-order chi connectivity index (χ1) is 9.69. The Kier molecular flexibility index (Phi) is 5.31. The highest BCUT2D eigenvalue weighted by Crippen LogP contribution is 2.19. The van der Waals surface area contributed by atoms with E-state index in [4.69, 9.17) is 0 Å². The molecule has 1 unspecified atom stereocenters. The molecule has 0 fully saturated rings. The largest absolute Gasteiger partial charge is 0.388 e. The molecule has 0 aliphatic heterocycles.